The number of piperazine rings is 1. The molecule has 14 heteroatoms. The second kappa shape index (κ2) is 8.08. The summed E-state index contributed by atoms with van der Waals surface area (Å²) >= 11 is -3.51. The molecule has 0 bridgehead atoms. The maximum absolute atomic E-state index is 10.1. The quantitative estimate of drug-likeness (QED) is 0.356. The van der Waals surface area contributed by atoms with Crippen molar-refractivity contribution >= 4 is 32.2 Å². The highest BCUT2D eigenvalue weighted by Gasteiger charge is 2.21. The van der Waals surface area contributed by atoms with Crippen LogP contribution >= 0.6 is 0 Å². The minimum Gasteiger partial charge on any atom is -0.749 e. The standard InChI is InChI=1S/C4H10N2.H2O9S3/c1-2-6-4-3-5-1;1-10(2)8-12(6,7)9-11(3,4)5/h5-6H,1-4H2;(H,1,2)(H,3,4,5)/p-1. The SMILES string of the molecule is C1CNCCN1.O=S([O-])OS(=O)(=O)OS(=O)(=O)O. The summed E-state index contributed by atoms with van der Waals surface area (Å²) in [6.07, 6.45) is 0. The Labute approximate surface area is 107 Å². The van der Waals surface area contributed by atoms with Crippen molar-refractivity contribution in [1.29, 1.82) is 0 Å². The Kier molecular flexibility index (Phi) is 7.99. The molecule has 0 aromatic heterocycles. The molecule has 1 aliphatic heterocycles. The Hall–Kier alpha value is -0.190. The molecule has 1 unspecified atom stereocenters. The molecule has 110 valence electrons. The Balaban J connectivity index is 0.000000397. The van der Waals surface area contributed by atoms with E-state index < -0.39 is 32.2 Å². The summed E-state index contributed by atoms with van der Waals surface area (Å²) in [6, 6.07) is 0. The molecule has 0 aromatic rings. The van der Waals surface area contributed by atoms with Crippen LogP contribution in [0, 0.1) is 0 Å². The van der Waals surface area contributed by atoms with Crippen molar-refractivity contribution < 1.29 is 37.4 Å². The molecule has 0 spiro atoms. The minimum absolute atomic E-state index is 1.14. The Bertz CT molecular complexity index is 441. The molecule has 18 heavy (non-hydrogen) atoms. The molecule has 1 rings (SSSR count). The molecule has 1 aliphatic rings. The van der Waals surface area contributed by atoms with Crippen molar-refractivity contribution in [2.45, 2.75) is 0 Å². The number of rotatable bonds is 4. The first-order chi connectivity index (χ1) is 8.12. The highest BCUT2D eigenvalue weighted by atomic mass is 32.3. The van der Waals surface area contributed by atoms with E-state index in [1.54, 1.807) is 0 Å². The molecular weight excluding hydrogens is 316 g/mol. The zero-order valence-corrected chi connectivity index (χ0v) is 11.2. The minimum atomic E-state index is -5.31. The van der Waals surface area contributed by atoms with Gasteiger partial charge in [-0.25, -0.2) is 4.21 Å². The zero-order chi connectivity index (χ0) is 14.2. The van der Waals surface area contributed by atoms with E-state index in [0.717, 1.165) is 26.2 Å². The summed E-state index contributed by atoms with van der Waals surface area (Å²) < 4.78 is 72.2. The molecule has 1 heterocycles. The van der Waals surface area contributed by atoms with E-state index in [1.165, 1.54) is 0 Å². The fourth-order valence-electron chi connectivity index (χ4n) is 0.788. The summed E-state index contributed by atoms with van der Waals surface area (Å²) in [5.74, 6) is 0. The van der Waals surface area contributed by atoms with Crippen LogP contribution in [0.2, 0.25) is 0 Å². The molecule has 1 saturated heterocycles. The average Bonchev–Trinajstić information content (AvgIpc) is 2.15. The first-order valence-electron chi connectivity index (χ1n) is 4.26. The smallest absolute Gasteiger partial charge is 0.428 e. The van der Waals surface area contributed by atoms with Crippen molar-refractivity contribution in [2.24, 2.45) is 0 Å². The van der Waals surface area contributed by atoms with Gasteiger partial charge in [0, 0.05) is 26.2 Å². The van der Waals surface area contributed by atoms with Gasteiger partial charge in [0.05, 0.1) is 0 Å². The molecule has 0 aliphatic carbocycles. The lowest BCUT2D eigenvalue weighted by Crippen LogP contribution is -2.39. The second-order valence-electron chi connectivity index (χ2n) is 2.68. The first kappa shape index (κ1) is 17.8. The molecule has 0 amide bonds. The van der Waals surface area contributed by atoms with Crippen LogP contribution in [0.5, 0.6) is 0 Å². The zero-order valence-electron chi connectivity index (χ0n) is 8.77. The van der Waals surface area contributed by atoms with Crippen LogP contribution in [-0.4, -0.2) is 56.3 Å². The summed E-state index contributed by atoms with van der Waals surface area (Å²) in [5.41, 5.74) is 0. The average molecular weight is 327 g/mol. The normalized spacial score (nSPS) is 18.6. The highest BCUT2D eigenvalue weighted by molar-refractivity contribution is 7.99. The van der Waals surface area contributed by atoms with E-state index >= 15 is 0 Å². The van der Waals surface area contributed by atoms with Gasteiger partial charge in [0.1, 0.15) is 11.4 Å². The molecule has 11 nitrogen and oxygen atoms in total. The van der Waals surface area contributed by atoms with Gasteiger partial charge in [-0.15, -0.1) is 0 Å². The summed E-state index contributed by atoms with van der Waals surface area (Å²) in [4.78, 5) is 0. The van der Waals surface area contributed by atoms with Crippen LogP contribution in [0.4, 0.5) is 0 Å². The van der Waals surface area contributed by atoms with E-state index in [4.69, 9.17) is 4.55 Å². The van der Waals surface area contributed by atoms with Gasteiger partial charge in [0.25, 0.3) is 0 Å². The lowest BCUT2D eigenvalue weighted by Gasteiger charge is -2.11. The van der Waals surface area contributed by atoms with Crippen molar-refractivity contribution in [2.75, 3.05) is 26.2 Å². The van der Waals surface area contributed by atoms with E-state index in [9.17, 15) is 25.6 Å². The fraction of sp³-hybridized carbons (Fsp3) is 1.00. The van der Waals surface area contributed by atoms with Crippen molar-refractivity contribution in [3.8, 4) is 0 Å². The van der Waals surface area contributed by atoms with Gasteiger partial charge < -0.3 is 15.2 Å². The van der Waals surface area contributed by atoms with E-state index in [0.29, 0.717) is 0 Å². The maximum Gasteiger partial charge on any atom is 0.428 e. The van der Waals surface area contributed by atoms with Gasteiger partial charge in [-0.2, -0.15) is 20.5 Å². The van der Waals surface area contributed by atoms with Gasteiger partial charge in [0.2, 0.25) is 0 Å². The summed E-state index contributed by atoms with van der Waals surface area (Å²) in [6.45, 7) is 4.56. The topological polar surface area (TPSA) is 171 Å². The van der Waals surface area contributed by atoms with Crippen LogP contribution < -0.4 is 10.6 Å². The molecule has 0 aromatic carbocycles. The van der Waals surface area contributed by atoms with E-state index in [-0.39, 0.29) is 0 Å². The van der Waals surface area contributed by atoms with Crippen LogP contribution in [0.15, 0.2) is 0 Å². The van der Waals surface area contributed by atoms with Crippen LogP contribution in [0.3, 0.4) is 0 Å². The van der Waals surface area contributed by atoms with E-state index in [2.05, 4.69) is 17.9 Å². The van der Waals surface area contributed by atoms with Gasteiger partial charge in [0.15, 0.2) is 0 Å². The second-order valence-corrected chi connectivity index (χ2v) is 5.85. The molecule has 1 atom stereocenters. The van der Waals surface area contributed by atoms with Gasteiger partial charge >= 0.3 is 20.8 Å². The van der Waals surface area contributed by atoms with Crippen LogP contribution in [-0.2, 0) is 39.4 Å². The van der Waals surface area contributed by atoms with Crippen molar-refractivity contribution in [3.05, 3.63) is 0 Å². The van der Waals surface area contributed by atoms with Crippen molar-refractivity contribution in [1.82, 2.24) is 10.6 Å². The van der Waals surface area contributed by atoms with Gasteiger partial charge in [-0.05, 0) is 0 Å². The summed E-state index contributed by atoms with van der Waals surface area (Å²) in [5, 5.41) is 6.44. The monoisotopic (exact) mass is 327 g/mol. The fourth-order valence-corrected chi connectivity index (χ4v) is 2.47. The molecule has 0 saturated carbocycles. The Morgan fingerprint density at radius 1 is 1.06 bits per heavy atom. The predicted molar refractivity (Wildman–Crippen MR) is 57.3 cm³/mol. The van der Waals surface area contributed by atoms with Crippen LogP contribution in [0.25, 0.3) is 0 Å². The number of hydrogen-bond donors (Lipinski definition) is 3. The van der Waals surface area contributed by atoms with Crippen molar-refractivity contribution in [3.63, 3.8) is 0 Å². The summed E-state index contributed by atoms with van der Waals surface area (Å²) in [7, 11) is -10.6. The highest BCUT2D eigenvalue weighted by Crippen LogP contribution is 2.01. The lowest BCUT2D eigenvalue weighted by molar-refractivity contribution is 0.342. The lowest BCUT2D eigenvalue weighted by atomic mass is 10.4. The van der Waals surface area contributed by atoms with Gasteiger partial charge in [-0.3, -0.25) is 4.55 Å². The molecule has 3 N–H and O–H groups in total. The van der Waals surface area contributed by atoms with Gasteiger partial charge in [-0.1, -0.05) is 3.63 Å². The largest absolute Gasteiger partial charge is 0.749 e. The molecule has 0 radical (unpaired) electrons. The number of hydrogen-bond acceptors (Lipinski definition) is 10. The third-order valence-electron chi connectivity index (χ3n) is 1.27. The number of nitrogens with one attached hydrogen (secondary N) is 2. The third-order valence-corrected chi connectivity index (χ3v) is 3.73. The Morgan fingerprint density at radius 2 is 1.44 bits per heavy atom. The Morgan fingerprint density at radius 3 is 1.67 bits per heavy atom. The molecular formula is C4H11N2O9S3-. The molecule has 1 fully saturated rings. The third kappa shape index (κ3) is 12.3. The maximum atomic E-state index is 10.1. The van der Waals surface area contributed by atoms with Crippen LogP contribution in [0.1, 0.15) is 0 Å². The predicted octanol–water partition coefficient (Wildman–Crippen LogP) is -2.96. The van der Waals surface area contributed by atoms with E-state index in [1.807, 2.05) is 0 Å². The first-order valence-corrected chi connectivity index (χ1v) is 7.96.